The summed E-state index contributed by atoms with van der Waals surface area (Å²) >= 11 is 1.70. The highest BCUT2D eigenvalue weighted by Crippen LogP contribution is 2.56. The van der Waals surface area contributed by atoms with Gasteiger partial charge in [-0.1, -0.05) is 6.07 Å². The van der Waals surface area contributed by atoms with Gasteiger partial charge in [0.1, 0.15) is 0 Å². The lowest BCUT2D eigenvalue weighted by atomic mass is 9.93. The monoisotopic (exact) mass is 427 g/mol. The molecule has 4 nitrogen and oxygen atoms in total. The van der Waals surface area contributed by atoms with Crippen molar-refractivity contribution in [3.05, 3.63) is 52.5 Å². The molecule has 1 amide bonds. The predicted molar refractivity (Wildman–Crippen MR) is 115 cm³/mol. The Bertz CT molecular complexity index is 720. The van der Waals surface area contributed by atoms with Gasteiger partial charge >= 0.3 is 0 Å². The van der Waals surface area contributed by atoms with Gasteiger partial charge in [0.2, 0.25) is 5.91 Å². The van der Waals surface area contributed by atoms with E-state index in [-0.39, 0.29) is 36.6 Å². The number of piperidine rings is 1. The second-order valence-electron chi connectivity index (χ2n) is 7.44. The third-order valence-electron chi connectivity index (χ3n) is 5.89. The van der Waals surface area contributed by atoms with Crippen LogP contribution in [0.25, 0.3) is 0 Å². The molecule has 1 saturated heterocycles. The number of carbonyl (C=O) groups excluding carboxylic acids is 1. The number of rotatable bonds is 5. The van der Waals surface area contributed by atoms with Crippen LogP contribution in [0.3, 0.4) is 0 Å². The van der Waals surface area contributed by atoms with E-state index in [0.717, 1.165) is 31.6 Å². The summed E-state index contributed by atoms with van der Waals surface area (Å²) in [6.45, 7) is 4.90. The van der Waals surface area contributed by atoms with E-state index in [0.29, 0.717) is 11.5 Å². The Kier molecular flexibility index (Phi) is 7.69. The standard InChI is InChI=1S/C20H25N3OS.2ClH/c1-15(17-3-2-7-22-12-17)19(24)23(13-16-4-10-25-14-16)18-11-20(18)5-8-21-9-6-20;;/h2-4,7,10,12,14-15,18,21H,5-6,8-9,11,13H2,1H3;2*1H. The van der Waals surface area contributed by atoms with Crippen molar-refractivity contribution in [2.75, 3.05) is 13.1 Å². The largest absolute Gasteiger partial charge is 0.334 e. The number of aromatic nitrogens is 1. The molecule has 7 heteroatoms. The van der Waals surface area contributed by atoms with E-state index in [4.69, 9.17) is 0 Å². The molecule has 2 aromatic heterocycles. The average Bonchev–Trinajstić information content (AvgIpc) is 3.08. The molecule has 2 aromatic rings. The van der Waals surface area contributed by atoms with Gasteiger partial charge in [-0.15, -0.1) is 24.8 Å². The molecule has 0 bridgehead atoms. The van der Waals surface area contributed by atoms with Crippen LogP contribution >= 0.6 is 36.2 Å². The summed E-state index contributed by atoms with van der Waals surface area (Å²) in [4.78, 5) is 19.7. The zero-order valence-corrected chi connectivity index (χ0v) is 17.9. The first-order valence-electron chi connectivity index (χ1n) is 9.12. The van der Waals surface area contributed by atoms with Gasteiger partial charge in [0, 0.05) is 25.0 Å². The van der Waals surface area contributed by atoms with E-state index < -0.39 is 0 Å². The minimum atomic E-state index is -0.147. The molecule has 2 unspecified atom stereocenters. The van der Waals surface area contributed by atoms with Crippen molar-refractivity contribution in [1.82, 2.24) is 15.2 Å². The second-order valence-corrected chi connectivity index (χ2v) is 8.22. The molecule has 1 aliphatic carbocycles. The summed E-state index contributed by atoms with van der Waals surface area (Å²) in [6, 6.07) is 6.44. The fourth-order valence-corrected chi connectivity index (χ4v) is 4.83. The smallest absolute Gasteiger partial charge is 0.230 e. The highest BCUT2D eigenvalue weighted by Gasteiger charge is 2.58. The van der Waals surface area contributed by atoms with Crippen LogP contribution in [-0.2, 0) is 11.3 Å². The minimum Gasteiger partial charge on any atom is -0.334 e. The lowest BCUT2D eigenvalue weighted by Crippen LogP contribution is -2.40. The molecule has 2 fully saturated rings. The maximum Gasteiger partial charge on any atom is 0.230 e. The Balaban J connectivity index is 0.00000131. The molecule has 27 heavy (non-hydrogen) atoms. The number of thiophene rings is 1. The number of nitrogens with zero attached hydrogens (tertiary/aromatic N) is 2. The molecule has 2 aliphatic rings. The quantitative estimate of drug-likeness (QED) is 0.774. The molecule has 1 spiro atoms. The maximum atomic E-state index is 13.4. The number of hydrogen-bond donors (Lipinski definition) is 1. The molecule has 3 heterocycles. The van der Waals surface area contributed by atoms with Gasteiger partial charge in [-0.05, 0) is 78.7 Å². The maximum absolute atomic E-state index is 13.4. The summed E-state index contributed by atoms with van der Waals surface area (Å²) in [6.07, 6.45) is 7.11. The normalized spacial score (nSPS) is 20.9. The van der Waals surface area contributed by atoms with E-state index in [1.54, 1.807) is 17.5 Å². The van der Waals surface area contributed by atoms with Crippen molar-refractivity contribution >= 4 is 42.1 Å². The van der Waals surface area contributed by atoms with E-state index in [1.165, 1.54) is 18.4 Å². The summed E-state index contributed by atoms with van der Waals surface area (Å²) in [5.41, 5.74) is 2.60. The van der Waals surface area contributed by atoms with Crippen LogP contribution in [0.4, 0.5) is 0 Å². The van der Waals surface area contributed by atoms with Gasteiger partial charge < -0.3 is 10.2 Å². The van der Waals surface area contributed by atoms with Crippen LogP contribution in [0.5, 0.6) is 0 Å². The topological polar surface area (TPSA) is 45.2 Å². The van der Waals surface area contributed by atoms with E-state index in [1.807, 2.05) is 25.3 Å². The van der Waals surface area contributed by atoms with Crippen molar-refractivity contribution in [2.45, 2.75) is 44.7 Å². The number of hydrogen-bond acceptors (Lipinski definition) is 4. The number of halogens is 2. The molecular formula is C20H27Cl2N3OS. The van der Waals surface area contributed by atoms with Crippen molar-refractivity contribution < 1.29 is 4.79 Å². The number of nitrogens with one attached hydrogen (secondary N) is 1. The highest BCUT2D eigenvalue weighted by molar-refractivity contribution is 7.07. The van der Waals surface area contributed by atoms with Crippen LogP contribution in [0.2, 0.25) is 0 Å². The summed E-state index contributed by atoms with van der Waals surface area (Å²) in [7, 11) is 0. The third kappa shape index (κ3) is 4.65. The molecule has 0 aromatic carbocycles. The number of pyridine rings is 1. The van der Waals surface area contributed by atoms with Crippen molar-refractivity contribution in [1.29, 1.82) is 0 Å². The Hall–Kier alpha value is -1.14. The summed E-state index contributed by atoms with van der Waals surface area (Å²) in [5, 5.41) is 7.71. The Morgan fingerprint density at radius 1 is 1.37 bits per heavy atom. The second kappa shape index (κ2) is 9.37. The van der Waals surface area contributed by atoms with Crippen LogP contribution in [-0.4, -0.2) is 34.9 Å². The van der Waals surface area contributed by atoms with Crippen molar-refractivity contribution in [2.24, 2.45) is 5.41 Å². The van der Waals surface area contributed by atoms with Gasteiger partial charge in [-0.3, -0.25) is 9.78 Å². The summed E-state index contributed by atoms with van der Waals surface area (Å²) < 4.78 is 0. The third-order valence-corrected chi connectivity index (χ3v) is 6.63. The van der Waals surface area contributed by atoms with Gasteiger partial charge in [0.15, 0.2) is 0 Å². The molecule has 4 rings (SSSR count). The molecule has 1 aliphatic heterocycles. The Morgan fingerprint density at radius 2 is 2.15 bits per heavy atom. The lowest BCUT2D eigenvalue weighted by molar-refractivity contribution is -0.134. The zero-order valence-electron chi connectivity index (χ0n) is 15.5. The molecule has 0 radical (unpaired) electrons. The first-order valence-corrected chi connectivity index (χ1v) is 10.1. The average molecular weight is 428 g/mol. The van der Waals surface area contributed by atoms with Crippen LogP contribution in [0.1, 0.15) is 43.2 Å². The zero-order chi connectivity index (χ0) is 17.3. The fraction of sp³-hybridized carbons (Fsp3) is 0.500. The lowest BCUT2D eigenvalue weighted by Gasteiger charge is -2.31. The van der Waals surface area contributed by atoms with Crippen molar-refractivity contribution in [3.8, 4) is 0 Å². The van der Waals surface area contributed by atoms with Crippen LogP contribution in [0, 0.1) is 5.41 Å². The number of carbonyl (C=O) groups is 1. The summed E-state index contributed by atoms with van der Waals surface area (Å²) in [5.74, 6) is 0.0892. The molecular weight excluding hydrogens is 401 g/mol. The van der Waals surface area contributed by atoms with Gasteiger partial charge in [-0.2, -0.15) is 11.3 Å². The van der Waals surface area contributed by atoms with Gasteiger partial charge in [-0.25, -0.2) is 0 Å². The molecule has 1 saturated carbocycles. The Labute approximate surface area is 177 Å². The first kappa shape index (κ1) is 22.2. The molecule has 2 atom stereocenters. The number of amides is 1. The molecule has 148 valence electrons. The Morgan fingerprint density at radius 3 is 2.78 bits per heavy atom. The minimum absolute atomic E-state index is 0. The van der Waals surface area contributed by atoms with Crippen molar-refractivity contribution in [3.63, 3.8) is 0 Å². The molecule has 1 N–H and O–H groups in total. The fourth-order valence-electron chi connectivity index (χ4n) is 4.17. The van der Waals surface area contributed by atoms with E-state index >= 15 is 0 Å². The van der Waals surface area contributed by atoms with Gasteiger partial charge in [0.25, 0.3) is 0 Å². The van der Waals surface area contributed by atoms with E-state index in [2.05, 4.69) is 32.0 Å². The first-order chi connectivity index (χ1) is 12.2. The van der Waals surface area contributed by atoms with E-state index in [9.17, 15) is 4.79 Å². The predicted octanol–water partition coefficient (Wildman–Crippen LogP) is 4.26. The van der Waals surface area contributed by atoms with Crippen LogP contribution in [0.15, 0.2) is 41.4 Å². The highest BCUT2D eigenvalue weighted by atomic mass is 35.5. The SMILES string of the molecule is CC(C(=O)N(Cc1ccsc1)C1CC12CCNCC2)c1cccnc1.Cl.Cl. The van der Waals surface area contributed by atoms with Crippen LogP contribution < -0.4 is 5.32 Å². The van der Waals surface area contributed by atoms with Gasteiger partial charge in [0.05, 0.1) is 5.92 Å².